The lowest BCUT2D eigenvalue weighted by Gasteiger charge is -2.39. The Morgan fingerprint density at radius 3 is 2.67 bits per heavy atom. The molecule has 1 saturated heterocycles. The first-order valence-corrected chi connectivity index (χ1v) is 13.8. The quantitative estimate of drug-likeness (QED) is 0.276. The lowest BCUT2D eigenvalue weighted by molar-refractivity contribution is -0.135. The third kappa shape index (κ3) is 5.19. The van der Waals surface area contributed by atoms with Crippen molar-refractivity contribution in [3.63, 3.8) is 0 Å². The Morgan fingerprint density at radius 1 is 1.19 bits per heavy atom. The number of hydrogen-bond donors (Lipinski definition) is 2. The Labute approximate surface area is 240 Å². The van der Waals surface area contributed by atoms with Gasteiger partial charge in [-0.15, -0.1) is 0 Å². The molecular formula is C30H30F3N7O2. The van der Waals surface area contributed by atoms with E-state index in [2.05, 4.69) is 33.4 Å². The van der Waals surface area contributed by atoms with Gasteiger partial charge in [0, 0.05) is 12.2 Å². The summed E-state index contributed by atoms with van der Waals surface area (Å²) in [7, 11) is 0. The highest BCUT2D eigenvalue weighted by atomic mass is 19.1. The van der Waals surface area contributed by atoms with Gasteiger partial charge in [-0.2, -0.15) is 14.9 Å². The van der Waals surface area contributed by atoms with E-state index < -0.39 is 17.3 Å². The summed E-state index contributed by atoms with van der Waals surface area (Å²) in [5, 5.41) is 16.6. The standard InChI is InChI=1S/C30H30F3N7O2/c1-17-9-18(10-24(35)28(17)42-8-2-6-34)21-5-7-36-14-26(21)38-29-37-13-20-3-4-25(39-40(20)29)27-22(31)11-19(12-23(27)32)30(33)15-41-16-30/h3-5,7,11-14,17-18,24,28H,2,8-10,15-16,35H2,1H3,(H,37,38)/t17-,18+,24+,28-/m0/s1. The van der Waals surface area contributed by atoms with E-state index in [4.69, 9.17) is 20.5 Å². The van der Waals surface area contributed by atoms with E-state index in [9.17, 15) is 4.39 Å². The van der Waals surface area contributed by atoms with Gasteiger partial charge in [-0.1, -0.05) is 6.92 Å². The molecule has 0 bridgehead atoms. The molecular weight excluding hydrogens is 547 g/mol. The van der Waals surface area contributed by atoms with E-state index in [1.807, 2.05) is 6.07 Å². The van der Waals surface area contributed by atoms with Gasteiger partial charge in [0.05, 0.1) is 73.3 Å². The molecule has 9 nitrogen and oxygen atoms in total. The molecule has 6 rings (SSSR count). The van der Waals surface area contributed by atoms with Crippen LogP contribution in [0.3, 0.4) is 0 Å². The molecule has 3 N–H and O–H groups in total. The van der Waals surface area contributed by atoms with Gasteiger partial charge >= 0.3 is 0 Å². The zero-order chi connectivity index (χ0) is 29.4. The number of fused-ring (bicyclic) bond motifs is 1. The summed E-state index contributed by atoms with van der Waals surface area (Å²) in [6.07, 6.45) is 6.72. The predicted octanol–water partition coefficient (Wildman–Crippen LogP) is 5.15. The number of nitrogens with zero attached hydrogens (tertiary/aromatic N) is 5. The summed E-state index contributed by atoms with van der Waals surface area (Å²) in [6, 6.07) is 8.98. The van der Waals surface area contributed by atoms with Gasteiger partial charge in [0.2, 0.25) is 5.95 Å². The van der Waals surface area contributed by atoms with Crippen LogP contribution in [0.2, 0.25) is 0 Å². The summed E-state index contributed by atoms with van der Waals surface area (Å²) in [5.41, 5.74) is 6.52. The molecule has 2 aliphatic rings. The number of rotatable bonds is 8. The number of halogens is 3. The maximum absolute atomic E-state index is 15.1. The van der Waals surface area contributed by atoms with Gasteiger partial charge in [-0.05, 0) is 66.1 Å². The van der Waals surface area contributed by atoms with E-state index in [-0.39, 0.29) is 54.0 Å². The SMILES string of the molecule is C[C@H]1C[C@@H](c2ccncc2Nc2ncc3ccc(-c4c(F)cc(C5(F)COC5)cc4F)nn23)C[C@@H](N)[C@H]1OCCC#N. The fourth-order valence-corrected chi connectivity index (χ4v) is 5.96. The highest BCUT2D eigenvalue weighted by Crippen LogP contribution is 2.41. The predicted molar refractivity (Wildman–Crippen MR) is 149 cm³/mol. The summed E-state index contributed by atoms with van der Waals surface area (Å²) in [5.74, 6) is -1.20. The summed E-state index contributed by atoms with van der Waals surface area (Å²) < 4.78 is 57.3. The lowest BCUT2D eigenvalue weighted by atomic mass is 9.74. The molecule has 1 saturated carbocycles. The van der Waals surface area contributed by atoms with Crippen molar-refractivity contribution in [1.82, 2.24) is 19.6 Å². The molecule has 4 atom stereocenters. The van der Waals surface area contributed by atoms with E-state index in [1.54, 1.807) is 24.7 Å². The molecule has 42 heavy (non-hydrogen) atoms. The Hall–Kier alpha value is -4.05. The number of anilines is 2. The van der Waals surface area contributed by atoms with Crippen LogP contribution in [0.5, 0.6) is 0 Å². The zero-order valence-electron chi connectivity index (χ0n) is 22.9. The van der Waals surface area contributed by atoms with Crippen LogP contribution in [0.1, 0.15) is 43.2 Å². The number of nitriles is 1. The van der Waals surface area contributed by atoms with Crippen molar-refractivity contribution in [2.75, 3.05) is 25.1 Å². The number of aromatic nitrogens is 4. The molecule has 0 amide bonds. The average Bonchev–Trinajstić information content (AvgIpc) is 3.35. The third-order valence-corrected chi connectivity index (χ3v) is 8.12. The van der Waals surface area contributed by atoms with Gasteiger partial charge in [-0.3, -0.25) is 4.98 Å². The smallest absolute Gasteiger partial charge is 0.229 e. The van der Waals surface area contributed by atoms with Crippen molar-refractivity contribution in [3.05, 3.63) is 71.7 Å². The van der Waals surface area contributed by atoms with E-state index in [0.717, 1.165) is 24.1 Å². The number of hydrogen-bond acceptors (Lipinski definition) is 8. The van der Waals surface area contributed by atoms with E-state index in [0.29, 0.717) is 36.6 Å². The fourth-order valence-electron chi connectivity index (χ4n) is 5.96. The molecule has 4 heterocycles. The van der Waals surface area contributed by atoms with Gasteiger partial charge < -0.3 is 20.5 Å². The van der Waals surface area contributed by atoms with Crippen LogP contribution in [0, 0.1) is 28.9 Å². The molecule has 4 aromatic rings. The van der Waals surface area contributed by atoms with Gasteiger partial charge in [0.25, 0.3) is 0 Å². The van der Waals surface area contributed by atoms with Gasteiger partial charge in [0.15, 0.2) is 5.67 Å². The van der Waals surface area contributed by atoms with Crippen molar-refractivity contribution in [2.45, 2.75) is 49.9 Å². The minimum atomic E-state index is -1.90. The molecule has 3 aromatic heterocycles. The number of nitrogens with two attached hydrogens (primary N) is 1. The number of nitrogens with one attached hydrogen (secondary N) is 1. The summed E-state index contributed by atoms with van der Waals surface area (Å²) in [4.78, 5) is 8.73. The second-order valence-electron chi connectivity index (χ2n) is 11.1. The zero-order valence-corrected chi connectivity index (χ0v) is 22.9. The largest absolute Gasteiger partial charge is 0.375 e. The van der Waals surface area contributed by atoms with E-state index in [1.165, 1.54) is 10.6 Å². The maximum atomic E-state index is 15.1. The number of ether oxygens (including phenoxy) is 2. The van der Waals surface area contributed by atoms with Gasteiger partial charge in [-0.25, -0.2) is 18.2 Å². The van der Waals surface area contributed by atoms with Crippen molar-refractivity contribution >= 4 is 17.2 Å². The second kappa shape index (κ2) is 11.3. The Kier molecular flexibility index (Phi) is 7.57. The molecule has 1 aromatic carbocycles. The molecule has 2 fully saturated rings. The van der Waals surface area contributed by atoms with Crippen molar-refractivity contribution in [2.24, 2.45) is 11.7 Å². The van der Waals surface area contributed by atoms with Crippen LogP contribution in [-0.2, 0) is 15.1 Å². The highest BCUT2D eigenvalue weighted by Gasteiger charge is 2.42. The summed E-state index contributed by atoms with van der Waals surface area (Å²) >= 11 is 0. The fraction of sp³-hybridized carbons (Fsp3) is 0.400. The minimum absolute atomic E-state index is 0.0313. The number of imidazole rings is 1. The number of benzene rings is 1. The second-order valence-corrected chi connectivity index (χ2v) is 11.1. The van der Waals surface area contributed by atoms with Crippen LogP contribution < -0.4 is 11.1 Å². The Balaban J connectivity index is 1.27. The average molecular weight is 578 g/mol. The molecule has 0 spiro atoms. The lowest BCUT2D eigenvalue weighted by Crippen LogP contribution is -2.46. The molecule has 12 heteroatoms. The molecule has 1 aliphatic heterocycles. The molecule has 218 valence electrons. The van der Waals surface area contributed by atoms with Crippen LogP contribution in [0.25, 0.3) is 16.8 Å². The monoisotopic (exact) mass is 577 g/mol. The number of pyridine rings is 1. The normalized spacial score (nSPS) is 23.3. The van der Waals surface area contributed by atoms with Crippen molar-refractivity contribution in [1.29, 1.82) is 5.26 Å². The molecule has 1 aliphatic carbocycles. The number of alkyl halides is 1. The Bertz CT molecular complexity index is 1620. The van der Waals surface area contributed by atoms with E-state index >= 15 is 8.78 Å². The molecule has 0 radical (unpaired) electrons. The maximum Gasteiger partial charge on any atom is 0.229 e. The van der Waals surface area contributed by atoms with Crippen LogP contribution in [0.15, 0.2) is 48.9 Å². The van der Waals surface area contributed by atoms with Crippen LogP contribution in [-0.4, -0.2) is 51.5 Å². The van der Waals surface area contributed by atoms with Crippen LogP contribution >= 0.6 is 0 Å². The first kappa shape index (κ1) is 28.1. The highest BCUT2D eigenvalue weighted by molar-refractivity contribution is 5.66. The van der Waals surface area contributed by atoms with Crippen molar-refractivity contribution < 1.29 is 22.6 Å². The summed E-state index contributed by atoms with van der Waals surface area (Å²) in [6.45, 7) is 1.98. The Morgan fingerprint density at radius 2 is 1.98 bits per heavy atom. The van der Waals surface area contributed by atoms with Crippen LogP contribution in [0.4, 0.5) is 24.8 Å². The minimum Gasteiger partial charge on any atom is -0.375 e. The third-order valence-electron chi connectivity index (χ3n) is 8.12. The first-order valence-electron chi connectivity index (χ1n) is 13.8. The molecule has 0 unspecified atom stereocenters. The van der Waals surface area contributed by atoms with Crippen molar-refractivity contribution in [3.8, 4) is 17.3 Å². The van der Waals surface area contributed by atoms with Gasteiger partial charge in [0.1, 0.15) is 11.6 Å². The first-order chi connectivity index (χ1) is 20.3. The topological polar surface area (TPSA) is 123 Å².